The highest BCUT2D eigenvalue weighted by atomic mass is 19.3. The first kappa shape index (κ1) is 17.1. The first-order valence-electron chi connectivity index (χ1n) is 7.51. The first-order chi connectivity index (χ1) is 9.40. The maximum Gasteiger partial charge on any atom is 0.244 e. The number of hydrogen-bond acceptors (Lipinski definition) is 1. The van der Waals surface area contributed by atoms with Crippen molar-refractivity contribution in [3.05, 3.63) is 35.4 Å². The minimum absolute atomic E-state index is 0.259. The smallest absolute Gasteiger partial charge is 0.244 e. The zero-order chi connectivity index (χ0) is 15.3. The Kier molecular flexibility index (Phi) is 6.12. The van der Waals surface area contributed by atoms with E-state index >= 15 is 0 Å². The molecule has 1 nitrogen and oxygen atoms in total. The summed E-state index contributed by atoms with van der Waals surface area (Å²) in [7, 11) is 0. The van der Waals surface area contributed by atoms with Crippen LogP contribution in [-0.4, -0.2) is 11.5 Å². The van der Waals surface area contributed by atoms with E-state index in [1.54, 1.807) is 26.0 Å². The molecule has 0 fully saturated rings. The van der Waals surface area contributed by atoms with Gasteiger partial charge in [-0.15, -0.1) is 0 Å². The van der Waals surface area contributed by atoms with E-state index in [-0.39, 0.29) is 6.42 Å². The summed E-state index contributed by atoms with van der Waals surface area (Å²) in [6, 6.07) is 7.50. The Bertz CT molecular complexity index is 402. The number of halogens is 2. The molecule has 0 bridgehead atoms. The minimum Gasteiger partial charge on any atom is -0.385 e. The predicted octanol–water partition coefficient (Wildman–Crippen LogP) is 5.09. The number of aliphatic hydroxyl groups is 1. The van der Waals surface area contributed by atoms with E-state index in [1.807, 2.05) is 12.1 Å². The van der Waals surface area contributed by atoms with Crippen LogP contribution in [0.5, 0.6) is 0 Å². The quantitative estimate of drug-likeness (QED) is 0.739. The molecule has 20 heavy (non-hydrogen) atoms. The lowest BCUT2D eigenvalue weighted by molar-refractivity contribution is -0.0944. The summed E-state index contributed by atoms with van der Waals surface area (Å²) < 4.78 is 26.3. The second-order valence-electron chi connectivity index (χ2n) is 5.56. The number of alkyl halides is 2. The zero-order valence-corrected chi connectivity index (χ0v) is 12.9. The van der Waals surface area contributed by atoms with E-state index in [4.69, 9.17) is 0 Å². The molecule has 1 aromatic rings. The summed E-state index contributed by atoms with van der Waals surface area (Å²) in [4.78, 5) is 0. The maximum absolute atomic E-state index is 13.2. The molecule has 3 unspecified atom stereocenters. The van der Waals surface area contributed by atoms with Crippen LogP contribution in [0.25, 0.3) is 0 Å². The maximum atomic E-state index is 13.2. The van der Waals surface area contributed by atoms with Crippen molar-refractivity contribution in [2.24, 2.45) is 5.92 Å². The van der Waals surface area contributed by atoms with E-state index in [0.717, 1.165) is 6.42 Å². The van der Waals surface area contributed by atoms with Crippen molar-refractivity contribution in [3.8, 4) is 0 Å². The monoisotopic (exact) mass is 284 g/mol. The third-order valence-corrected chi connectivity index (χ3v) is 4.49. The topological polar surface area (TPSA) is 20.2 Å². The molecule has 0 aliphatic rings. The van der Waals surface area contributed by atoms with Crippen LogP contribution in [0.4, 0.5) is 8.78 Å². The molecular weight excluding hydrogens is 258 g/mol. The lowest BCUT2D eigenvalue weighted by atomic mass is 9.77. The van der Waals surface area contributed by atoms with Gasteiger partial charge in [0.15, 0.2) is 0 Å². The highest BCUT2D eigenvalue weighted by Crippen LogP contribution is 2.39. The summed E-state index contributed by atoms with van der Waals surface area (Å²) in [5.74, 6) is -0.585. The fraction of sp³-hybridized carbons (Fsp3) is 0.647. The van der Waals surface area contributed by atoms with Gasteiger partial charge in [-0.3, -0.25) is 0 Å². The Morgan fingerprint density at radius 2 is 1.60 bits per heavy atom. The first-order valence-corrected chi connectivity index (χ1v) is 7.51. The van der Waals surface area contributed by atoms with E-state index in [9.17, 15) is 13.9 Å². The summed E-state index contributed by atoms with van der Waals surface area (Å²) in [5, 5.41) is 10.7. The van der Waals surface area contributed by atoms with E-state index in [0.29, 0.717) is 17.9 Å². The number of hydrogen-bond donors (Lipinski definition) is 1. The molecule has 0 radical (unpaired) electrons. The standard InChI is InChI=1S/C17H26F2O/c1-5-12(4)13-8-10-14(11-9-13)17(20,7-3)15(6-2)16(18)19/h8-12,15-16,20H,5-7H2,1-4H3. The van der Waals surface area contributed by atoms with Gasteiger partial charge in [-0.1, -0.05) is 52.0 Å². The molecule has 0 saturated carbocycles. The molecule has 0 aromatic heterocycles. The third-order valence-electron chi connectivity index (χ3n) is 4.49. The Balaban J connectivity index is 3.11. The number of rotatable bonds is 7. The van der Waals surface area contributed by atoms with E-state index < -0.39 is 17.9 Å². The Morgan fingerprint density at radius 1 is 1.05 bits per heavy atom. The van der Waals surface area contributed by atoms with Crippen molar-refractivity contribution in [2.75, 3.05) is 0 Å². The Hall–Kier alpha value is -0.960. The molecule has 1 rings (SSSR count). The normalized spacial score (nSPS) is 17.8. The molecule has 0 spiro atoms. The van der Waals surface area contributed by atoms with Crippen LogP contribution >= 0.6 is 0 Å². The van der Waals surface area contributed by atoms with Gasteiger partial charge < -0.3 is 5.11 Å². The summed E-state index contributed by atoms with van der Waals surface area (Å²) in [5.41, 5.74) is 0.329. The van der Waals surface area contributed by atoms with Crippen molar-refractivity contribution >= 4 is 0 Å². The summed E-state index contributed by atoms with van der Waals surface area (Å²) in [6.07, 6.45) is -0.932. The lowest BCUT2D eigenvalue weighted by Gasteiger charge is -2.35. The van der Waals surface area contributed by atoms with Crippen molar-refractivity contribution < 1.29 is 13.9 Å². The largest absolute Gasteiger partial charge is 0.385 e. The van der Waals surface area contributed by atoms with Gasteiger partial charge in [0.1, 0.15) is 0 Å². The van der Waals surface area contributed by atoms with Gasteiger partial charge in [0.05, 0.1) is 11.5 Å². The highest BCUT2D eigenvalue weighted by Gasteiger charge is 2.41. The van der Waals surface area contributed by atoms with Gasteiger partial charge >= 0.3 is 0 Å². The van der Waals surface area contributed by atoms with Gasteiger partial charge in [-0.2, -0.15) is 0 Å². The molecule has 0 aliphatic carbocycles. The van der Waals surface area contributed by atoms with Crippen LogP contribution < -0.4 is 0 Å². The molecule has 0 heterocycles. The van der Waals surface area contributed by atoms with Crippen molar-refractivity contribution in [3.63, 3.8) is 0 Å². The molecule has 3 atom stereocenters. The van der Waals surface area contributed by atoms with Crippen LogP contribution in [0.2, 0.25) is 0 Å². The lowest BCUT2D eigenvalue weighted by Crippen LogP contribution is -2.38. The predicted molar refractivity (Wildman–Crippen MR) is 79.1 cm³/mol. The third kappa shape index (κ3) is 3.38. The average molecular weight is 284 g/mol. The molecule has 114 valence electrons. The molecule has 0 saturated heterocycles. The van der Waals surface area contributed by atoms with Crippen LogP contribution in [0.1, 0.15) is 64.0 Å². The Morgan fingerprint density at radius 3 is 1.95 bits per heavy atom. The van der Waals surface area contributed by atoms with Crippen molar-refractivity contribution in [2.45, 2.75) is 64.9 Å². The molecular formula is C17H26F2O. The van der Waals surface area contributed by atoms with Crippen LogP contribution in [0, 0.1) is 5.92 Å². The Labute approximate surface area is 121 Å². The van der Waals surface area contributed by atoms with E-state index in [2.05, 4.69) is 13.8 Å². The van der Waals surface area contributed by atoms with Crippen molar-refractivity contribution in [1.29, 1.82) is 0 Å². The SMILES string of the molecule is CCC(C)c1ccc(C(O)(CC)C(CC)C(F)F)cc1. The summed E-state index contributed by atoms with van der Waals surface area (Å²) >= 11 is 0. The highest BCUT2D eigenvalue weighted by molar-refractivity contribution is 5.29. The fourth-order valence-electron chi connectivity index (χ4n) is 2.74. The molecule has 1 aromatic carbocycles. The van der Waals surface area contributed by atoms with Gasteiger partial charge in [0.2, 0.25) is 6.43 Å². The van der Waals surface area contributed by atoms with Crippen LogP contribution in [0.3, 0.4) is 0 Å². The average Bonchev–Trinajstić information content (AvgIpc) is 2.46. The van der Waals surface area contributed by atoms with Gasteiger partial charge in [-0.25, -0.2) is 8.78 Å². The van der Waals surface area contributed by atoms with Gasteiger partial charge in [-0.05, 0) is 36.3 Å². The summed E-state index contributed by atoms with van der Waals surface area (Å²) in [6.45, 7) is 7.71. The van der Waals surface area contributed by atoms with Crippen LogP contribution in [0.15, 0.2) is 24.3 Å². The second kappa shape index (κ2) is 7.16. The minimum atomic E-state index is -2.51. The molecule has 0 amide bonds. The molecule has 1 N–H and O–H groups in total. The zero-order valence-electron chi connectivity index (χ0n) is 12.9. The second-order valence-corrected chi connectivity index (χ2v) is 5.56. The fourth-order valence-corrected chi connectivity index (χ4v) is 2.74. The van der Waals surface area contributed by atoms with Gasteiger partial charge in [0.25, 0.3) is 0 Å². The number of benzene rings is 1. The molecule has 3 heteroatoms. The van der Waals surface area contributed by atoms with E-state index in [1.165, 1.54) is 5.56 Å². The van der Waals surface area contributed by atoms with Gasteiger partial charge in [0, 0.05) is 0 Å². The molecule has 0 aliphatic heterocycles. The van der Waals surface area contributed by atoms with Crippen LogP contribution in [-0.2, 0) is 5.60 Å². The van der Waals surface area contributed by atoms with Crippen molar-refractivity contribution in [1.82, 2.24) is 0 Å².